The predicted molar refractivity (Wildman–Crippen MR) is 68.5 cm³/mol. The zero-order valence-corrected chi connectivity index (χ0v) is 10.2. The summed E-state index contributed by atoms with van der Waals surface area (Å²) in [5.41, 5.74) is 3.62. The van der Waals surface area contributed by atoms with Crippen molar-refractivity contribution in [1.82, 2.24) is 10.3 Å². The maximum atomic E-state index is 13.4. The number of fused-ring (bicyclic) bond motifs is 1. The summed E-state index contributed by atoms with van der Waals surface area (Å²) in [6.07, 6.45) is 0.998. The summed E-state index contributed by atoms with van der Waals surface area (Å²) in [6, 6.07) is 6.98. The molecule has 1 aromatic heterocycles. The number of hydrogen-bond donors (Lipinski definition) is 2. The number of pyridine rings is 1. The van der Waals surface area contributed by atoms with E-state index in [2.05, 4.69) is 27.8 Å². The molecule has 2 N–H and O–H groups in total. The Hall–Kier alpha value is -2.01. The molecule has 0 amide bonds. The number of halogens is 2. The van der Waals surface area contributed by atoms with Gasteiger partial charge in [0.15, 0.2) is 11.6 Å². The fourth-order valence-corrected chi connectivity index (χ4v) is 2.19. The molecule has 0 unspecified atom stereocenters. The van der Waals surface area contributed by atoms with Crippen LogP contribution in [0.1, 0.15) is 16.7 Å². The number of anilines is 1. The summed E-state index contributed by atoms with van der Waals surface area (Å²) in [5.74, 6) is -1.28. The van der Waals surface area contributed by atoms with Gasteiger partial charge in [0.25, 0.3) is 0 Å². The van der Waals surface area contributed by atoms with Crippen molar-refractivity contribution in [1.29, 1.82) is 0 Å². The second-order valence-electron chi connectivity index (χ2n) is 4.54. The standard InChI is InChI=1S/C14H13F2N3/c15-12-4-13(16)14(19-8-12)18-5-9-1-2-10-6-17-7-11(10)3-9/h1-4,8,17H,5-7H2,(H,18,19). The Bertz CT molecular complexity index is 614. The molecular formula is C14H13F2N3. The monoisotopic (exact) mass is 261 g/mol. The second-order valence-corrected chi connectivity index (χ2v) is 4.54. The molecule has 19 heavy (non-hydrogen) atoms. The third-order valence-electron chi connectivity index (χ3n) is 3.17. The zero-order chi connectivity index (χ0) is 13.2. The molecule has 1 aliphatic rings. The van der Waals surface area contributed by atoms with Gasteiger partial charge in [0, 0.05) is 25.7 Å². The molecule has 0 fully saturated rings. The van der Waals surface area contributed by atoms with E-state index >= 15 is 0 Å². The lowest BCUT2D eigenvalue weighted by atomic mass is 10.1. The van der Waals surface area contributed by atoms with E-state index in [4.69, 9.17) is 0 Å². The molecule has 98 valence electrons. The van der Waals surface area contributed by atoms with E-state index in [1.807, 2.05) is 6.07 Å². The number of aromatic nitrogens is 1. The first-order valence-electron chi connectivity index (χ1n) is 6.09. The van der Waals surface area contributed by atoms with Gasteiger partial charge in [-0.3, -0.25) is 0 Å². The van der Waals surface area contributed by atoms with Crippen molar-refractivity contribution in [2.75, 3.05) is 5.32 Å². The molecule has 0 atom stereocenters. The third-order valence-corrected chi connectivity index (χ3v) is 3.17. The summed E-state index contributed by atoms with van der Waals surface area (Å²) in [4.78, 5) is 3.69. The van der Waals surface area contributed by atoms with Crippen molar-refractivity contribution >= 4 is 5.82 Å². The maximum Gasteiger partial charge on any atom is 0.168 e. The first-order valence-corrected chi connectivity index (χ1v) is 6.09. The molecule has 0 saturated heterocycles. The first-order chi connectivity index (χ1) is 9.22. The molecule has 1 aliphatic heterocycles. The van der Waals surface area contributed by atoms with Crippen LogP contribution in [0.5, 0.6) is 0 Å². The SMILES string of the molecule is Fc1cnc(NCc2ccc3c(c2)CNC3)c(F)c1. The predicted octanol–water partition coefficient (Wildman–Crippen LogP) is 2.58. The lowest BCUT2D eigenvalue weighted by Crippen LogP contribution is -2.04. The molecule has 0 bridgehead atoms. The Morgan fingerprint density at radius 1 is 1.16 bits per heavy atom. The van der Waals surface area contributed by atoms with Crippen LogP contribution in [0.25, 0.3) is 0 Å². The number of benzene rings is 1. The summed E-state index contributed by atoms with van der Waals surface area (Å²) in [5, 5.41) is 6.14. The highest BCUT2D eigenvalue weighted by Gasteiger charge is 2.10. The molecule has 0 saturated carbocycles. The van der Waals surface area contributed by atoms with Gasteiger partial charge in [-0.05, 0) is 16.7 Å². The molecule has 2 aromatic rings. The van der Waals surface area contributed by atoms with Gasteiger partial charge in [-0.25, -0.2) is 13.8 Å². The van der Waals surface area contributed by atoms with Crippen LogP contribution in [-0.2, 0) is 19.6 Å². The van der Waals surface area contributed by atoms with Gasteiger partial charge in [0.05, 0.1) is 6.20 Å². The van der Waals surface area contributed by atoms with Crippen LogP contribution < -0.4 is 10.6 Å². The van der Waals surface area contributed by atoms with E-state index in [-0.39, 0.29) is 5.82 Å². The Kier molecular flexibility index (Phi) is 3.13. The molecule has 2 heterocycles. The second kappa shape index (κ2) is 4.93. The smallest absolute Gasteiger partial charge is 0.168 e. The molecule has 5 heteroatoms. The Balaban J connectivity index is 1.72. The minimum absolute atomic E-state index is 0.0695. The third kappa shape index (κ3) is 2.56. The minimum Gasteiger partial charge on any atom is -0.364 e. The first kappa shape index (κ1) is 12.0. The van der Waals surface area contributed by atoms with Gasteiger partial charge in [-0.15, -0.1) is 0 Å². The summed E-state index contributed by atoms with van der Waals surface area (Å²) in [7, 11) is 0. The molecule has 0 aliphatic carbocycles. The molecule has 3 nitrogen and oxygen atoms in total. The van der Waals surface area contributed by atoms with Crippen LogP contribution in [0.15, 0.2) is 30.5 Å². The van der Waals surface area contributed by atoms with Gasteiger partial charge in [0.2, 0.25) is 0 Å². The normalized spacial score (nSPS) is 13.4. The van der Waals surface area contributed by atoms with Crippen molar-refractivity contribution in [2.24, 2.45) is 0 Å². The Morgan fingerprint density at radius 2 is 2.00 bits per heavy atom. The van der Waals surface area contributed by atoms with Crippen LogP contribution in [0, 0.1) is 11.6 Å². The number of hydrogen-bond acceptors (Lipinski definition) is 3. The van der Waals surface area contributed by atoms with E-state index in [9.17, 15) is 8.78 Å². The Morgan fingerprint density at radius 3 is 2.84 bits per heavy atom. The fraction of sp³-hybridized carbons (Fsp3) is 0.214. The molecular weight excluding hydrogens is 248 g/mol. The number of rotatable bonds is 3. The lowest BCUT2D eigenvalue weighted by molar-refractivity contribution is 0.575. The summed E-state index contributed by atoms with van der Waals surface area (Å²) >= 11 is 0. The van der Waals surface area contributed by atoms with Gasteiger partial charge in [0.1, 0.15) is 5.82 Å². The van der Waals surface area contributed by atoms with Gasteiger partial charge in [-0.2, -0.15) is 0 Å². The highest BCUT2D eigenvalue weighted by Crippen LogP contribution is 2.18. The molecule has 1 aromatic carbocycles. The van der Waals surface area contributed by atoms with Crippen LogP contribution in [0.2, 0.25) is 0 Å². The molecule has 0 radical (unpaired) electrons. The fourth-order valence-electron chi connectivity index (χ4n) is 2.19. The van der Waals surface area contributed by atoms with E-state index in [0.29, 0.717) is 6.54 Å². The van der Waals surface area contributed by atoms with Crippen LogP contribution in [0.4, 0.5) is 14.6 Å². The van der Waals surface area contributed by atoms with Crippen LogP contribution in [-0.4, -0.2) is 4.98 Å². The largest absolute Gasteiger partial charge is 0.364 e. The van der Waals surface area contributed by atoms with Gasteiger partial charge < -0.3 is 10.6 Å². The van der Waals surface area contributed by atoms with Crippen molar-refractivity contribution in [2.45, 2.75) is 19.6 Å². The maximum absolute atomic E-state index is 13.4. The van der Waals surface area contributed by atoms with Crippen molar-refractivity contribution in [3.63, 3.8) is 0 Å². The van der Waals surface area contributed by atoms with Gasteiger partial charge in [-0.1, -0.05) is 18.2 Å². The average molecular weight is 261 g/mol. The zero-order valence-electron chi connectivity index (χ0n) is 10.2. The average Bonchev–Trinajstić information content (AvgIpc) is 2.85. The molecule has 3 rings (SSSR count). The topological polar surface area (TPSA) is 37.0 Å². The number of nitrogens with zero attached hydrogens (tertiary/aromatic N) is 1. The van der Waals surface area contributed by atoms with Gasteiger partial charge >= 0.3 is 0 Å². The van der Waals surface area contributed by atoms with E-state index in [0.717, 1.165) is 30.9 Å². The highest BCUT2D eigenvalue weighted by atomic mass is 19.1. The Labute approximate surface area is 109 Å². The minimum atomic E-state index is -0.678. The summed E-state index contributed by atoms with van der Waals surface area (Å²) < 4.78 is 26.1. The van der Waals surface area contributed by atoms with Crippen LogP contribution in [0.3, 0.4) is 0 Å². The van der Waals surface area contributed by atoms with E-state index in [1.165, 1.54) is 11.1 Å². The van der Waals surface area contributed by atoms with Crippen molar-refractivity contribution in [3.8, 4) is 0 Å². The van der Waals surface area contributed by atoms with Crippen molar-refractivity contribution in [3.05, 3.63) is 58.8 Å². The van der Waals surface area contributed by atoms with Crippen LogP contribution >= 0.6 is 0 Å². The van der Waals surface area contributed by atoms with E-state index in [1.54, 1.807) is 0 Å². The number of nitrogens with one attached hydrogen (secondary N) is 2. The molecule has 0 spiro atoms. The quantitative estimate of drug-likeness (QED) is 0.891. The lowest BCUT2D eigenvalue weighted by Gasteiger charge is -2.08. The van der Waals surface area contributed by atoms with Crippen molar-refractivity contribution < 1.29 is 8.78 Å². The summed E-state index contributed by atoms with van der Waals surface area (Å²) in [6.45, 7) is 2.23. The highest BCUT2D eigenvalue weighted by molar-refractivity contribution is 5.39. The van der Waals surface area contributed by atoms with E-state index < -0.39 is 11.6 Å².